The van der Waals surface area contributed by atoms with Gasteiger partial charge in [-0.3, -0.25) is 0 Å². The Hall–Kier alpha value is -1.16. The molecule has 0 aromatic carbocycles. The van der Waals surface area contributed by atoms with Crippen molar-refractivity contribution < 1.29 is 0 Å². The number of thiocarbonyl (C=S) groups is 1. The third-order valence-corrected chi connectivity index (χ3v) is 5.14. The van der Waals surface area contributed by atoms with E-state index in [4.69, 9.17) is 22.9 Å². The molecular weight excluding hydrogens is 278 g/mol. The van der Waals surface area contributed by atoms with Crippen molar-refractivity contribution >= 4 is 23.0 Å². The standard InChI is InChI=1S/C17H25N3S/c1-11-6-8-13(9-7-11)19-17-14(16(18)21)10-12-4-2-3-5-15(12)20-17/h10-11,13H,2-9H2,1H3,(H2,18,21)(H,19,20). The lowest BCUT2D eigenvalue weighted by Gasteiger charge is -2.28. The van der Waals surface area contributed by atoms with Gasteiger partial charge in [-0.15, -0.1) is 0 Å². The Morgan fingerprint density at radius 3 is 2.67 bits per heavy atom. The Balaban J connectivity index is 1.84. The van der Waals surface area contributed by atoms with E-state index in [1.165, 1.54) is 49.8 Å². The van der Waals surface area contributed by atoms with Crippen LogP contribution < -0.4 is 11.1 Å². The monoisotopic (exact) mass is 303 g/mol. The number of rotatable bonds is 3. The van der Waals surface area contributed by atoms with Crippen molar-refractivity contribution in [2.45, 2.75) is 64.3 Å². The number of hydrogen-bond acceptors (Lipinski definition) is 3. The first-order valence-electron chi connectivity index (χ1n) is 8.22. The van der Waals surface area contributed by atoms with E-state index >= 15 is 0 Å². The second-order valence-electron chi connectivity index (χ2n) is 6.66. The lowest BCUT2D eigenvalue weighted by molar-refractivity contribution is 0.360. The summed E-state index contributed by atoms with van der Waals surface area (Å²) in [6.07, 6.45) is 9.72. The fraction of sp³-hybridized carbons (Fsp3) is 0.647. The summed E-state index contributed by atoms with van der Waals surface area (Å²) in [6.45, 7) is 2.34. The Kier molecular flexibility index (Phi) is 4.43. The Morgan fingerprint density at radius 1 is 1.24 bits per heavy atom. The SMILES string of the molecule is CC1CCC(Nc2nc3c(cc2C(N)=S)CCCC3)CC1. The van der Waals surface area contributed by atoms with Gasteiger partial charge in [0, 0.05) is 11.7 Å². The largest absolute Gasteiger partial charge is 0.389 e. The van der Waals surface area contributed by atoms with Crippen molar-refractivity contribution in [2.24, 2.45) is 11.7 Å². The van der Waals surface area contributed by atoms with Gasteiger partial charge in [0.05, 0.1) is 5.56 Å². The molecule has 1 fully saturated rings. The minimum Gasteiger partial charge on any atom is -0.389 e. The maximum absolute atomic E-state index is 5.93. The number of pyridine rings is 1. The van der Waals surface area contributed by atoms with Crippen molar-refractivity contribution in [2.75, 3.05) is 5.32 Å². The summed E-state index contributed by atoms with van der Waals surface area (Å²) < 4.78 is 0. The predicted octanol–water partition coefficient (Wildman–Crippen LogP) is 3.59. The van der Waals surface area contributed by atoms with Crippen LogP contribution in [0.15, 0.2) is 6.07 Å². The maximum atomic E-state index is 5.93. The van der Waals surface area contributed by atoms with Crippen LogP contribution in [0.5, 0.6) is 0 Å². The van der Waals surface area contributed by atoms with Gasteiger partial charge >= 0.3 is 0 Å². The summed E-state index contributed by atoms with van der Waals surface area (Å²) in [5, 5.41) is 3.62. The molecule has 0 atom stereocenters. The molecule has 3 rings (SSSR count). The minimum atomic E-state index is 0.461. The number of fused-ring (bicyclic) bond motifs is 1. The van der Waals surface area contributed by atoms with E-state index in [1.807, 2.05) is 0 Å². The zero-order chi connectivity index (χ0) is 14.8. The zero-order valence-electron chi connectivity index (χ0n) is 12.8. The molecule has 0 radical (unpaired) electrons. The maximum Gasteiger partial charge on any atom is 0.136 e. The summed E-state index contributed by atoms with van der Waals surface area (Å²) in [7, 11) is 0. The van der Waals surface area contributed by atoms with Gasteiger partial charge < -0.3 is 11.1 Å². The van der Waals surface area contributed by atoms with Gasteiger partial charge in [0.25, 0.3) is 0 Å². The number of nitrogens with zero attached hydrogens (tertiary/aromatic N) is 1. The molecule has 1 aromatic heterocycles. The number of hydrogen-bond donors (Lipinski definition) is 2. The van der Waals surface area contributed by atoms with E-state index in [2.05, 4.69) is 18.3 Å². The second-order valence-corrected chi connectivity index (χ2v) is 7.10. The van der Waals surface area contributed by atoms with Crippen LogP contribution in [0.25, 0.3) is 0 Å². The molecule has 0 saturated heterocycles. The second kappa shape index (κ2) is 6.30. The molecule has 21 heavy (non-hydrogen) atoms. The summed E-state index contributed by atoms with van der Waals surface area (Å²) in [6, 6.07) is 2.70. The molecule has 1 saturated carbocycles. The van der Waals surface area contributed by atoms with Gasteiger partial charge in [0.15, 0.2) is 0 Å². The average Bonchev–Trinajstić information content (AvgIpc) is 2.48. The lowest BCUT2D eigenvalue weighted by atomic mass is 9.87. The summed E-state index contributed by atoms with van der Waals surface area (Å²) in [4.78, 5) is 5.33. The smallest absolute Gasteiger partial charge is 0.136 e. The third kappa shape index (κ3) is 3.37. The molecule has 0 bridgehead atoms. The molecule has 3 N–H and O–H groups in total. The Morgan fingerprint density at radius 2 is 1.95 bits per heavy atom. The van der Waals surface area contributed by atoms with Gasteiger partial charge in [-0.25, -0.2) is 4.98 Å². The minimum absolute atomic E-state index is 0.461. The average molecular weight is 303 g/mol. The first kappa shape index (κ1) is 14.8. The van der Waals surface area contributed by atoms with Crippen LogP contribution in [0.2, 0.25) is 0 Å². The quantitative estimate of drug-likeness (QED) is 0.838. The number of nitrogens with one attached hydrogen (secondary N) is 1. The fourth-order valence-corrected chi connectivity index (χ4v) is 3.68. The van der Waals surface area contributed by atoms with E-state index in [9.17, 15) is 0 Å². The fourth-order valence-electron chi connectivity index (χ4n) is 3.53. The van der Waals surface area contributed by atoms with Gasteiger partial charge in [0.1, 0.15) is 10.8 Å². The molecule has 4 heteroatoms. The van der Waals surface area contributed by atoms with Crippen molar-refractivity contribution in [3.8, 4) is 0 Å². The van der Waals surface area contributed by atoms with Crippen LogP contribution in [-0.4, -0.2) is 16.0 Å². The molecule has 0 aliphatic heterocycles. The summed E-state index contributed by atoms with van der Waals surface area (Å²) >= 11 is 5.24. The zero-order valence-corrected chi connectivity index (χ0v) is 13.6. The van der Waals surface area contributed by atoms with Crippen LogP contribution in [0.1, 0.15) is 62.3 Å². The molecular formula is C17H25N3S. The van der Waals surface area contributed by atoms with E-state index in [0.29, 0.717) is 11.0 Å². The third-order valence-electron chi connectivity index (χ3n) is 4.92. The van der Waals surface area contributed by atoms with Crippen LogP contribution >= 0.6 is 12.2 Å². The number of aryl methyl sites for hydroxylation is 2. The van der Waals surface area contributed by atoms with E-state index in [-0.39, 0.29) is 0 Å². The normalized spacial score (nSPS) is 25.2. The highest BCUT2D eigenvalue weighted by molar-refractivity contribution is 7.80. The van der Waals surface area contributed by atoms with Crippen LogP contribution in [0.3, 0.4) is 0 Å². The van der Waals surface area contributed by atoms with Crippen LogP contribution in [0, 0.1) is 5.92 Å². The molecule has 2 aliphatic carbocycles. The van der Waals surface area contributed by atoms with Crippen molar-refractivity contribution in [3.05, 3.63) is 22.9 Å². The summed E-state index contributed by atoms with van der Waals surface area (Å²) in [5.41, 5.74) is 9.44. The molecule has 0 unspecified atom stereocenters. The van der Waals surface area contributed by atoms with E-state index in [0.717, 1.165) is 30.1 Å². The van der Waals surface area contributed by atoms with Gasteiger partial charge in [-0.2, -0.15) is 0 Å². The molecule has 0 amide bonds. The van der Waals surface area contributed by atoms with Gasteiger partial charge in [-0.05, 0) is 68.9 Å². The highest BCUT2D eigenvalue weighted by Crippen LogP contribution is 2.29. The van der Waals surface area contributed by atoms with E-state index < -0.39 is 0 Å². The van der Waals surface area contributed by atoms with Gasteiger partial charge in [0.2, 0.25) is 0 Å². The van der Waals surface area contributed by atoms with Crippen molar-refractivity contribution in [1.82, 2.24) is 4.98 Å². The highest BCUT2D eigenvalue weighted by atomic mass is 32.1. The highest BCUT2D eigenvalue weighted by Gasteiger charge is 2.21. The predicted molar refractivity (Wildman–Crippen MR) is 91.8 cm³/mol. The summed E-state index contributed by atoms with van der Waals surface area (Å²) in [5.74, 6) is 1.78. The molecule has 0 spiro atoms. The van der Waals surface area contributed by atoms with E-state index in [1.54, 1.807) is 0 Å². The molecule has 1 aromatic rings. The first-order chi connectivity index (χ1) is 10.1. The van der Waals surface area contributed by atoms with Gasteiger partial charge in [-0.1, -0.05) is 19.1 Å². The number of aromatic nitrogens is 1. The molecule has 3 nitrogen and oxygen atoms in total. The topological polar surface area (TPSA) is 50.9 Å². The first-order valence-corrected chi connectivity index (χ1v) is 8.63. The van der Waals surface area contributed by atoms with Crippen LogP contribution in [-0.2, 0) is 12.8 Å². The molecule has 1 heterocycles. The molecule has 114 valence electrons. The van der Waals surface area contributed by atoms with Crippen LogP contribution in [0.4, 0.5) is 5.82 Å². The van der Waals surface area contributed by atoms with Crippen molar-refractivity contribution in [1.29, 1.82) is 0 Å². The number of anilines is 1. The lowest BCUT2D eigenvalue weighted by Crippen LogP contribution is -2.28. The Labute approximate surface area is 132 Å². The Bertz CT molecular complexity index is 533. The van der Waals surface area contributed by atoms with Crippen molar-refractivity contribution in [3.63, 3.8) is 0 Å². The number of nitrogens with two attached hydrogens (primary N) is 1. The molecule has 2 aliphatic rings.